The number of aromatic nitrogens is 6. The number of amides is 1. The number of fused-ring (bicyclic) bond motifs is 1. The third kappa shape index (κ3) is 5.82. The third-order valence-corrected chi connectivity index (χ3v) is 7.54. The van der Waals surface area contributed by atoms with Crippen LogP contribution in [0.25, 0.3) is 22.4 Å². The Morgan fingerprint density at radius 2 is 1.95 bits per heavy atom. The van der Waals surface area contributed by atoms with E-state index in [0.29, 0.717) is 46.2 Å². The van der Waals surface area contributed by atoms with Gasteiger partial charge in [0.1, 0.15) is 35.3 Å². The van der Waals surface area contributed by atoms with E-state index in [4.69, 9.17) is 4.74 Å². The number of imidazole rings is 1. The second-order valence-corrected chi connectivity index (χ2v) is 10.5. The van der Waals surface area contributed by atoms with Gasteiger partial charge in [0.15, 0.2) is 5.65 Å². The quantitative estimate of drug-likeness (QED) is 0.207. The zero-order valence-corrected chi connectivity index (χ0v) is 24.0. The highest BCUT2D eigenvalue weighted by atomic mass is 19.4. The van der Waals surface area contributed by atoms with E-state index in [1.54, 1.807) is 43.7 Å². The van der Waals surface area contributed by atoms with Crippen molar-refractivity contribution in [1.29, 1.82) is 0 Å². The number of aryl methyl sites for hydroxylation is 2. The first-order chi connectivity index (χ1) is 21.2. The molecule has 1 atom stereocenters. The van der Waals surface area contributed by atoms with Crippen molar-refractivity contribution in [3.63, 3.8) is 0 Å². The maximum Gasteiger partial charge on any atom is 0.416 e. The molecule has 13 heteroatoms. The van der Waals surface area contributed by atoms with Crippen LogP contribution in [0, 0.1) is 6.92 Å². The number of halogens is 3. The summed E-state index contributed by atoms with van der Waals surface area (Å²) in [6.07, 6.45) is 4.33. The first kappa shape index (κ1) is 29.2. The van der Waals surface area contributed by atoms with Crippen molar-refractivity contribution in [3.05, 3.63) is 83.8 Å². The Morgan fingerprint density at radius 3 is 2.73 bits per heavy atom. The van der Waals surface area contributed by atoms with Gasteiger partial charge in [0.25, 0.3) is 5.91 Å². The number of hydrogen-bond acceptors (Lipinski definition) is 8. The van der Waals surface area contributed by atoms with E-state index < -0.39 is 17.6 Å². The fraction of sp³-hybridized carbons (Fsp3) is 0.290. The number of benzene rings is 1. The minimum Gasteiger partial charge on any atom is -0.358 e. The second-order valence-electron chi connectivity index (χ2n) is 10.5. The Hall–Kier alpha value is -4.91. The first-order valence-electron chi connectivity index (χ1n) is 14.2. The normalized spacial score (nSPS) is 15.3. The monoisotopic (exact) mass is 602 g/mol. The van der Waals surface area contributed by atoms with Crippen molar-refractivity contribution in [2.75, 3.05) is 17.2 Å². The number of anilines is 3. The van der Waals surface area contributed by atoms with Gasteiger partial charge in [-0.3, -0.25) is 14.3 Å². The second kappa shape index (κ2) is 12.0. The van der Waals surface area contributed by atoms with Gasteiger partial charge in [-0.15, -0.1) is 0 Å². The van der Waals surface area contributed by atoms with E-state index >= 15 is 0 Å². The van der Waals surface area contributed by atoms with E-state index in [2.05, 4.69) is 35.6 Å². The Labute approximate surface area is 250 Å². The Bertz CT molecular complexity index is 1830. The molecule has 1 aliphatic rings. The van der Waals surface area contributed by atoms with Crippen LogP contribution in [0.5, 0.6) is 0 Å². The minimum absolute atomic E-state index is 0.0251. The van der Waals surface area contributed by atoms with Crippen LogP contribution in [0.4, 0.5) is 30.4 Å². The highest BCUT2D eigenvalue weighted by Gasteiger charge is 2.34. The summed E-state index contributed by atoms with van der Waals surface area (Å²) in [4.78, 5) is 35.1. The SMILES string of the molecule is CCc1cnc(C(=O)Nc2ccc(C)c(Nc3ncccc3-c3ncnc4c3ncn4C3CCCCO3)c2)cc1C(F)(F)F. The average Bonchev–Trinajstić information content (AvgIpc) is 3.47. The summed E-state index contributed by atoms with van der Waals surface area (Å²) in [7, 11) is 0. The van der Waals surface area contributed by atoms with Gasteiger partial charge in [-0.1, -0.05) is 13.0 Å². The predicted octanol–water partition coefficient (Wildman–Crippen LogP) is 6.87. The molecule has 1 amide bonds. The number of alkyl halides is 3. The van der Waals surface area contributed by atoms with Crippen LogP contribution in [-0.4, -0.2) is 42.0 Å². The van der Waals surface area contributed by atoms with E-state index in [1.807, 2.05) is 17.6 Å². The molecule has 0 radical (unpaired) electrons. The summed E-state index contributed by atoms with van der Waals surface area (Å²) < 4.78 is 48.5. The Morgan fingerprint density at radius 1 is 1.09 bits per heavy atom. The molecule has 6 rings (SSSR count). The number of hydrogen-bond donors (Lipinski definition) is 2. The van der Waals surface area contributed by atoms with Crippen LogP contribution in [0.1, 0.15) is 59.6 Å². The number of carbonyl (C=O) groups is 1. The molecule has 1 saturated heterocycles. The van der Waals surface area contributed by atoms with Gasteiger partial charge in [0.2, 0.25) is 0 Å². The average molecular weight is 603 g/mol. The molecule has 226 valence electrons. The predicted molar refractivity (Wildman–Crippen MR) is 158 cm³/mol. The van der Waals surface area contributed by atoms with E-state index in [-0.39, 0.29) is 23.9 Å². The Kier molecular flexibility index (Phi) is 7.95. The number of pyridine rings is 2. The van der Waals surface area contributed by atoms with Crippen LogP contribution in [0.2, 0.25) is 0 Å². The standard InChI is InChI=1S/C31H29F3N8O2/c1-3-19-15-36-24(14-22(19)31(32,33)34)30(43)40-20-10-9-18(2)23(13-20)41-28-21(7-6-11-35-28)26-27-29(38-16-37-26)42(17-39-27)25-8-4-5-12-44-25/h6-7,9-11,13-17,25H,3-5,8,12H2,1-2H3,(H,35,41)(H,40,43). The van der Waals surface area contributed by atoms with Gasteiger partial charge in [-0.25, -0.2) is 19.9 Å². The lowest BCUT2D eigenvalue weighted by molar-refractivity contribution is -0.138. The highest BCUT2D eigenvalue weighted by Crippen LogP contribution is 2.35. The highest BCUT2D eigenvalue weighted by molar-refractivity contribution is 6.03. The van der Waals surface area contributed by atoms with Crippen LogP contribution >= 0.6 is 0 Å². The largest absolute Gasteiger partial charge is 0.416 e. The lowest BCUT2D eigenvalue weighted by Crippen LogP contribution is -2.17. The molecule has 5 aromatic rings. The van der Waals surface area contributed by atoms with Crippen molar-refractivity contribution < 1.29 is 22.7 Å². The number of ether oxygens (including phenoxy) is 1. The molecule has 0 bridgehead atoms. The van der Waals surface area contributed by atoms with Gasteiger partial charge in [0.05, 0.1) is 11.9 Å². The maximum atomic E-state index is 13.5. The molecular weight excluding hydrogens is 573 g/mol. The van der Waals surface area contributed by atoms with Gasteiger partial charge in [0, 0.05) is 35.9 Å². The zero-order chi connectivity index (χ0) is 30.8. The van der Waals surface area contributed by atoms with E-state index in [0.717, 1.165) is 37.1 Å². The molecule has 1 unspecified atom stereocenters. The summed E-state index contributed by atoms with van der Waals surface area (Å²) in [5.74, 6) is -0.262. The number of nitrogens with zero attached hydrogens (tertiary/aromatic N) is 6. The topological polar surface area (TPSA) is 120 Å². The molecule has 1 aromatic carbocycles. The molecule has 2 N–H and O–H groups in total. The lowest BCUT2D eigenvalue weighted by atomic mass is 10.1. The molecule has 4 aromatic heterocycles. The smallest absolute Gasteiger partial charge is 0.358 e. The van der Waals surface area contributed by atoms with Crippen LogP contribution in [0.3, 0.4) is 0 Å². The zero-order valence-electron chi connectivity index (χ0n) is 24.0. The fourth-order valence-corrected chi connectivity index (χ4v) is 5.21. The molecule has 44 heavy (non-hydrogen) atoms. The van der Waals surface area contributed by atoms with Crippen molar-refractivity contribution in [3.8, 4) is 11.3 Å². The number of nitrogens with one attached hydrogen (secondary N) is 2. The summed E-state index contributed by atoms with van der Waals surface area (Å²) in [6, 6.07) is 9.58. The number of carbonyl (C=O) groups excluding carboxylic acids is 1. The molecule has 1 aliphatic heterocycles. The van der Waals surface area contributed by atoms with Crippen molar-refractivity contribution >= 4 is 34.3 Å². The summed E-state index contributed by atoms with van der Waals surface area (Å²) in [5.41, 5.74) is 3.19. The number of rotatable bonds is 7. The molecule has 0 aliphatic carbocycles. The van der Waals surface area contributed by atoms with Crippen LogP contribution in [-0.2, 0) is 17.3 Å². The fourth-order valence-electron chi connectivity index (χ4n) is 5.21. The molecule has 0 saturated carbocycles. The van der Waals surface area contributed by atoms with Crippen LogP contribution in [0.15, 0.2) is 61.4 Å². The summed E-state index contributed by atoms with van der Waals surface area (Å²) >= 11 is 0. The molecule has 5 heterocycles. The van der Waals surface area contributed by atoms with Crippen LogP contribution < -0.4 is 10.6 Å². The van der Waals surface area contributed by atoms with Crippen molar-refractivity contribution in [1.82, 2.24) is 29.5 Å². The summed E-state index contributed by atoms with van der Waals surface area (Å²) in [5, 5.41) is 5.98. The van der Waals surface area contributed by atoms with Crippen molar-refractivity contribution in [2.45, 2.75) is 51.9 Å². The van der Waals surface area contributed by atoms with E-state index in [9.17, 15) is 18.0 Å². The maximum absolute atomic E-state index is 13.5. The Balaban J connectivity index is 1.28. The van der Waals surface area contributed by atoms with Gasteiger partial charge >= 0.3 is 6.18 Å². The first-order valence-corrected chi connectivity index (χ1v) is 14.2. The van der Waals surface area contributed by atoms with Crippen molar-refractivity contribution in [2.24, 2.45) is 0 Å². The molecular formula is C31H29F3N8O2. The molecule has 10 nitrogen and oxygen atoms in total. The molecule has 0 spiro atoms. The third-order valence-electron chi connectivity index (χ3n) is 7.54. The molecule has 1 fully saturated rings. The summed E-state index contributed by atoms with van der Waals surface area (Å²) in [6.45, 7) is 4.17. The minimum atomic E-state index is -4.60. The van der Waals surface area contributed by atoms with Gasteiger partial charge < -0.3 is 15.4 Å². The van der Waals surface area contributed by atoms with Gasteiger partial charge in [-0.2, -0.15) is 13.2 Å². The van der Waals surface area contributed by atoms with Gasteiger partial charge in [-0.05, 0) is 74.1 Å². The van der Waals surface area contributed by atoms with E-state index in [1.165, 1.54) is 6.33 Å². The lowest BCUT2D eigenvalue weighted by Gasteiger charge is -2.23.